The van der Waals surface area contributed by atoms with Crippen LogP contribution >= 0.6 is 0 Å². The highest BCUT2D eigenvalue weighted by molar-refractivity contribution is 5.76. The number of aliphatic hydroxyl groups excluding tert-OH is 3. The molecule has 0 spiro atoms. The van der Waals surface area contributed by atoms with Gasteiger partial charge in [0.15, 0.2) is 0 Å². The van der Waals surface area contributed by atoms with Gasteiger partial charge in [-0.25, -0.2) is 0 Å². The Morgan fingerprint density at radius 2 is 0.878 bits per heavy atom. The summed E-state index contributed by atoms with van der Waals surface area (Å²) in [4.78, 5) is 12.4. The maximum atomic E-state index is 12.4. The van der Waals surface area contributed by atoms with Crippen LogP contribution in [-0.4, -0.2) is 46.1 Å². The monoisotopic (exact) mass is 690 g/mol. The van der Waals surface area contributed by atoms with Crippen LogP contribution in [0.3, 0.4) is 0 Å². The van der Waals surface area contributed by atoms with Gasteiger partial charge in [-0.3, -0.25) is 4.79 Å². The first-order valence-electron chi connectivity index (χ1n) is 21.3. The molecule has 3 unspecified atom stereocenters. The molecule has 0 aromatic rings. The molecule has 0 fully saturated rings. The molecule has 3 atom stereocenters. The van der Waals surface area contributed by atoms with E-state index in [0.29, 0.717) is 6.42 Å². The molecule has 4 N–H and O–H groups in total. The number of allylic oxidation sites excluding steroid dienone is 5. The molecule has 0 aliphatic heterocycles. The second kappa shape index (κ2) is 39.4. The Morgan fingerprint density at radius 1 is 0.510 bits per heavy atom. The van der Waals surface area contributed by atoms with E-state index in [-0.39, 0.29) is 18.9 Å². The van der Waals surface area contributed by atoms with Crippen LogP contribution in [-0.2, 0) is 4.79 Å². The number of carbonyl (C=O) groups excluding carboxylic acids is 1. The van der Waals surface area contributed by atoms with Crippen LogP contribution in [0, 0.1) is 0 Å². The van der Waals surface area contributed by atoms with E-state index in [1.54, 1.807) is 6.08 Å². The van der Waals surface area contributed by atoms with Gasteiger partial charge in [0.2, 0.25) is 5.91 Å². The average molecular weight is 690 g/mol. The topological polar surface area (TPSA) is 89.8 Å². The van der Waals surface area contributed by atoms with Crippen molar-refractivity contribution in [3.63, 3.8) is 0 Å². The maximum absolute atomic E-state index is 12.4. The third-order valence-corrected chi connectivity index (χ3v) is 9.66. The van der Waals surface area contributed by atoms with Gasteiger partial charge in [-0.1, -0.05) is 198 Å². The lowest BCUT2D eigenvalue weighted by Crippen LogP contribution is -2.45. The van der Waals surface area contributed by atoms with Crippen LogP contribution in [0.15, 0.2) is 36.5 Å². The Balaban J connectivity index is 3.75. The lowest BCUT2D eigenvalue weighted by Gasteiger charge is -2.21. The van der Waals surface area contributed by atoms with E-state index < -0.39 is 18.2 Å². The molecule has 0 bridgehead atoms. The number of amides is 1. The Labute approximate surface area is 304 Å². The molecular formula is C44H83NO4. The summed E-state index contributed by atoms with van der Waals surface area (Å²) in [7, 11) is 0. The number of hydrogen-bond acceptors (Lipinski definition) is 4. The highest BCUT2D eigenvalue weighted by Crippen LogP contribution is 2.15. The van der Waals surface area contributed by atoms with Crippen molar-refractivity contribution in [3.8, 4) is 0 Å². The fraction of sp³-hybridized carbons (Fsp3) is 0.841. The molecule has 0 radical (unpaired) electrons. The van der Waals surface area contributed by atoms with Crippen LogP contribution in [0.2, 0.25) is 0 Å². The highest BCUT2D eigenvalue weighted by Gasteiger charge is 2.20. The normalized spacial score (nSPS) is 14.0. The van der Waals surface area contributed by atoms with Crippen molar-refractivity contribution < 1.29 is 20.1 Å². The Bertz CT molecular complexity index is 764. The van der Waals surface area contributed by atoms with Crippen molar-refractivity contribution in [3.05, 3.63) is 36.5 Å². The van der Waals surface area contributed by atoms with E-state index in [2.05, 4.69) is 43.5 Å². The fourth-order valence-corrected chi connectivity index (χ4v) is 6.37. The van der Waals surface area contributed by atoms with Gasteiger partial charge in [0.05, 0.1) is 31.3 Å². The third-order valence-electron chi connectivity index (χ3n) is 9.66. The summed E-state index contributed by atoms with van der Waals surface area (Å²) in [5.74, 6) is -0.329. The van der Waals surface area contributed by atoms with Crippen molar-refractivity contribution in [1.82, 2.24) is 5.32 Å². The van der Waals surface area contributed by atoms with Crippen molar-refractivity contribution in [1.29, 1.82) is 0 Å². The molecule has 0 saturated heterocycles. The summed E-state index contributed by atoms with van der Waals surface area (Å²) in [6.07, 6.45) is 48.5. The van der Waals surface area contributed by atoms with E-state index >= 15 is 0 Å². The third kappa shape index (κ3) is 36.2. The van der Waals surface area contributed by atoms with E-state index in [9.17, 15) is 20.1 Å². The van der Waals surface area contributed by atoms with Gasteiger partial charge in [-0.15, -0.1) is 0 Å². The summed E-state index contributed by atoms with van der Waals surface area (Å²) in [5.41, 5.74) is 0. The molecule has 0 aromatic carbocycles. The Hall–Kier alpha value is -1.43. The van der Waals surface area contributed by atoms with E-state index in [1.165, 1.54) is 148 Å². The van der Waals surface area contributed by atoms with Crippen molar-refractivity contribution in [2.45, 2.75) is 231 Å². The van der Waals surface area contributed by atoms with Crippen LogP contribution in [0.4, 0.5) is 0 Å². The molecule has 0 rings (SSSR count). The first-order chi connectivity index (χ1) is 24.0. The maximum Gasteiger partial charge on any atom is 0.222 e. The zero-order valence-electron chi connectivity index (χ0n) is 32.6. The number of hydrogen-bond donors (Lipinski definition) is 4. The minimum Gasteiger partial charge on any atom is -0.394 e. The second-order valence-electron chi connectivity index (χ2n) is 14.6. The lowest BCUT2D eigenvalue weighted by molar-refractivity contribution is -0.124. The second-order valence-corrected chi connectivity index (χ2v) is 14.6. The van der Waals surface area contributed by atoms with Crippen LogP contribution in [0.1, 0.15) is 213 Å². The van der Waals surface area contributed by atoms with E-state index in [0.717, 1.165) is 38.5 Å². The standard InChI is InChI=1S/C44H83NO4/c1-3-5-7-9-11-13-15-17-18-19-20-21-22-23-24-26-28-30-32-34-36-38-43(48)42(40-46)45-44(49)39-41(47)37-35-33-31-29-27-25-16-14-12-10-8-6-4-2/h22-23,28,30,36,38,41-43,46-48H,3-21,24-27,29,31-35,37,39-40H2,1-2H3,(H,45,49)/b23-22+,30-28+,38-36+. The van der Waals surface area contributed by atoms with Crippen LogP contribution in [0.5, 0.6) is 0 Å². The van der Waals surface area contributed by atoms with Gasteiger partial charge in [-0.05, 0) is 44.9 Å². The van der Waals surface area contributed by atoms with Gasteiger partial charge in [-0.2, -0.15) is 0 Å². The van der Waals surface area contributed by atoms with Gasteiger partial charge in [0.25, 0.3) is 0 Å². The van der Waals surface area contributed by atoms with E-state index in [4.69, 9.17) is 0 Å². The van der Waals surface area contributed by atoms with Crippen molar-refractivity contribution in [2.24, 2.45) is 0 Å². The average Bonchev–Trinajstić information content (AvgIpc) is 3.09. The summed E-state index contributed by atoms with van der Waals surface area (Å²) in [6, 6.07) is -0.764. The van der Waals surface area contributed by atoms with Crippen molar-refractivity contribution >= 4 is 5.91 Å². The molecule has 288 valence electrons. The molecule has 5 nitrogen and oxygen atoms in total. The van der Waals surface area contributed by atoms with Gasteiger partial charge >= 0.3 is 0 Å². The first-order valence-corrected chi connectivity index (χ1v) is 21.3. The largest absolute Gasteiger partial charge is 0.394 e. The Kier molecular flexibility index (Phi) is 38.2. The number of unbranched alkanes of at least 4 members (excludes halogenated alkanes) is 25. The number of aliphatic hydroxyl groups is 3. The number of rotatable bonds is 38. The predicted molar refractivity (Wildman–Crippen MR) is 213 cm³/mol. The summed E-state index contributed by atoms with van der Waals surface area (Å²) in [5, 5.41) is 33.1. The molecule has 5 heteroatoms. The SMILES string of the molecule is CCCCCCCCCCCCC/C=C/CC/C=C/CC/C=C/C(O)C(CO)NC(=O)CC(O)CCCCCCCCCCCCCCC. The number of nitrogens with one attached hydrogen (secondary N) is 1. The van der Waals surface area contributed by atoms with Crippen LogP contribution < -0.4 is 5.32 Å². The smallest absolute Gasteiger partial charge is 0.222 e. The fourth-order valence-electron chi connectivity index (χ4n) is 6.37. The summed E-state index contributed by atoms with van der Waals surface area (Å²) < 4.78 is 0. The molecule has 0 aliphatic rings. The van der Waals surface area contributed by atoms with Gasteiger partial charge in [0, 0.05) is 0 Å². The van der Waals surface area contributed by atoms with Crippen molar-refractivity contribution in [2.75, 3.05) is 6.61 Å². The molecule has 0 heterocycles. The first kappa shape index (κ1) is 47.6. The van der Waals surface area contributed by atoms with Gasteiger partial charge in [0.1, 0.15) is 0 Å². The van der Waals surface area contributed by atoms with Gasteiger partial charge < -0.3 is 20.6 Å². The Morgan fingerprint density at radius 3 is 1.31 bits per heavy atom. The molecule has 0 aliphatic carbocycles. The molecule has 1 amide bonds. The zero-order chi connectivity index (χ0) is 35.9. The summed E-state index contributed by atoms with van der Waals surface area (Å²) in [6.45, 7) is 4.19. The molecular weight excluding hydrogens is 606 g/mol. The molecule has 49 heavy (non-hydrogen) atoms. The highest BCUT2D eigenvalue weighted by atomic mass is 16.3. The quantitative estimate of drug-likeness (QED) is 0.0384. The minimum absolute atomic E-state index is 0.00449. The zero-order valence-corrected chi connectivity index (χ0v) is 32.6. The minimum atomic E-state index is -0.957. The summed E-state index contributed by atoms with van der Waals surface area (Å²) >= 11 is 0. The predicted octanol–water partition coefficient (Wildman–Crippen LogP) is 12.0. The lowest BCUT2D eigenvalue weighted by atomic mass is 10.0. The van der Waals surface area contributed by atoms with Crippen LogP contribution in [0.25, 0.3) is 0 Å². The van der Waals surface area contributed by atoms with E-state index in [1.807, 2.05) is 6.08 Å². The molecule has 0 aromatic heterocycles. The number of carbonyl (C=O) groups is 1. The molecule has 0 saturated carbocycles.